The normalized spacial score (nSPS) is 10.7. The minimum Gasteiger partial charge on any atom is -0.497 e. The Morgan fingerprint density at radius 3 is 2.12 bits per heavy atom. The molecule has 0 aliphatic carbocycles. The van der Waals surface area contributed by atoms with Crippen LogP contribution in [0.2, 0.25) is 0 Å². The summed E-state index contributed by atoms with van der Waals surface area (Å²) in [6, 6.07) is 23.1. The highest BCUT2D eigenvalue weighted by molar-refractivity contribution is 9.10. The standard InChI is InChI=1S/C27H22BrN2O4/c1-17-23(27(31)20-9-13-21(28)14-10-20)24(18-11-15-22(34-3)16-12-18)26(30(32)33)25(29(17)2)19-7-5-4-6-8-19/h4-16H,1-3H3/q+1. The summed E-state index contributed by atoms with van der Waals surface area (Å²) in [5.41, 5.74) is 3.22. The molecule has 0 unspecified atom stereocenters. The lowest BCUT2D eigenvalue weighted by Crippen LogP contribution is -2.38. The molecule has 0 saturated carbocycles. The van der Waals surface area contributed by atoms with Crippen molar-refractivity contribution in [1.82, 2.24) is 0 Å². The molecule has 1 heterocycles. The molecule has 0 radical (unpaired) electrons. The van der Waals surface area contributed by atoms with Gasteiger partial charge in [0.1, 0.15) is 18.4 Å². The highest BCUT2D eigenvalue weighted by Gasteiger charge is 2.38. The van der Waals surface area contributed by atoms with Crippen LogP contribution in [-0.4, -0.2) is 17.8 Å². The first-order valence-electron chi connectivity index (χ1n) is 10.5. The summed E-state index contributed by atoms with van der Waals surface area (Å²) in [7, 11) is 3.31. The van der Waals surface area contributed by atoms with Crippen LogP contribution >= 0.6 is 15.9 Å². The third kappa shape index (κ3) is 4.22. The number of rotatable bonds is 6. The molecule has 0 aliphatic heterocycles. The first-order chi connectivity index (χ1) is 16.3. The van der Waals surface area contributed by atoms with Crippen LogP contribution in [0.15, 0.2) is 83.3 Å². The summed E-state index contributed by atoms with van der Waals surface area (Å²) in [6.07, 6.45) is 0. The van der Waals surface area contributed by atoms with Crippen LogP contribution in [0, 0.1) is 17.0 Å². The molecule has 3 aromatic carbocycles. The second-order valence-electron chi connectivity index (χ2n) is 7.78. The molecule has 0 fully saturated rings. The minimum atomic E-state index is -0.403. The summed E-state index contributed by atoms with van der Waals surface area (Å²) in [5, 5.41) is 12.6. The number of benzene rings is 3. The fourth-order valence-corrected chi connectivity index (χ4v) is 4.34. The zero-order valence-electron chi connectivity index (χ0n) is 18.9. The van der Waals surface area contributed by atoms with Crippen LogP contribution in [0.1, 0.15) is 21.6 Å². The van der Waals surface area contributed by atoms with Gasteiger partial charge in [-0.2, -0.15) is 4.57 Å². The maximum atomic E-state index is 13.8. The smallest absolute Gasteiger partial charge is 0.349 e. The van der Waals surface area contributed by atoms with Gasteiger partial charge in [-0.1, -0.05) is 46.3 Å². The topological polar surface area (TPSA) is 73.3 Å². The Bertz CT molecular complexity index is 1380. The van der Waals surface area contributed by atoms with Crippen LogP contribution in [-0.2, 0) is 7.05 Å². The molecule has 0 amide bonds. The van der Waals surface area contributed by atoms with Gasteiger partial charge >= 0.3 is 5.69 Å². The van der Waals surface area contributed by atoms with Gasteiger partial charge in [0.05, 0.1) is 23.2 Å². The summed E-state index contributed by atoms with van der Waals surface area (Å²) >= 11 is 3.39. The fourth-order valence-electron chi connectivity index (χ4n) is 4.08. The lowest BCUT2D eigenvalue weighted by atomic mass is 9.89. The van der Waals surface area contributed by atoms with Crippen molar-refractivity contribution in [3.63, 3.8) is 0 Å². The largest absolute Gasteiger partial charge is 0.497 e. The molecule has 7 heteroatoms. The average molecular weight is 518 g/mol. The summed E-state index contributed by atoms with van der Waals surface area (Å²) < 4.78 is 7.84. The third-order valence-electron chi connectivity index (χ3n) is 5.85. The maximum Gasteiger partial charge on any atom is 0.349 e. The molecule has 0 saturated heterocycles. The molecule has 170 valence electrons. The Kier molecular flexibility index (Phi) is 6.56. The fraction of sp³-hybridized carbons (Fsp3) is 0.111. The van der Waals surface area contributed by atoms with Crippen LogP contribution in [0.3, 0.4) is 0 Å². The molecule has 34 heavy (non-hydrogen) atoms. The molecular weight excluding hydrogens is 496 g/mol. The Labute approximate surface area is 205 Å². The zero-order valence-corrected chi connectivity index (χ0v) is 20.5. The predicted octanol–water partition coefficient (Wildman–Crippen LogP) is 6.06. The van der Waals surface area contributed by atoms with Crippen molar-refractivity contribution in [1.29, 1.82) is 0 Å². The van der Waals surface area contributed by atoms with Crippen LogP contribution in [0.25, 0.3) is 22.4 Å². The number of ether oxygens (including phenoxy) is 1. The maximum absolute atomic E-state index is 13.8. The molecule has 0 N–H and O–H groups in total. The molecule has 4 aromatic rings. The lowest BCUT2D eigenvalue weighted by molar-refractivity contribution is -0.669. The van der Waals surface area contributed by atoms with E-state index in [1.54, 1.807) is 67.3 Å². The van der Waals surface area contributed by atoms with E-state index in [1.165, 1.54) is 0 Å². The van der Waals surface area contributed by atoms with E-state index in [4.69, 9.17) is 4.74 Å². The van der Waals surface area contributed by atoms with E-state index < -0.39 is 4.92 Å². The molecule has 0 spiro atoms. The van der Waals surface area contributed by atoms with E-state index in [2.05, 4.69) is 15.9 Å². The summed E-state index contributed by atoms with van der Waals surface area (Å²) in [6.45, 7) is 1.81. The molecule has 0 bridgehead atoms. The molecule has 0 atom stereocenters. The van der Waals surface area contributed by atoms with Gasteiger partial charge in [0.2, 0.25) is 0 Å². The first kappa shape index (κ1) is 23.3. The van der Waals surface area contributed by atoms with Crippen molar-refractivity contribution in [2.24, 2.45) is 7.05 Å². The van der Waals surface area contributed by atoms with Crippen LogP contribution in [0.4, 0.5) is 5.69 Å². The van der Waals surface area contributed by atoms with Crippen molar-refractivity contribution in [2.75, 3.05) is 7.11 Å². The number of ketones is 1. The van der Waals surface area contributed by atoms with Crippen molar-refractivity contribution in [2.45, 2.75) is 6.92 Å². The Morgan fingerprint density at radius 1 is 0.941 bits per heavy atom. The molecule has 0 aliphatic rings. The highest BCUT2D eigenvalue weighted by atomic mass is 79.9. The predicted molar refractivity (Wildman–Crippen MR) is 134 cm³/mol. The monoisotopic (exact) mass is 517 g/mol. The van der Waals surface area contributed by atoms with Gasteiger partial charge in [0.15, 0.2) is 11.5 Å². The number of methoxy groups -OCH3 is 1. The minimum absolute atomic E-state index is 0.120. The Morgan fingerprint density at radius 2 is 1.56 bits per heavy atom. The number of aromatic nitrogens is 1. The van der Waals surface area contributed by atoms with E-state index in [9.17, 15) is 14.9 Å². The number of pyridine rings is 1. The van der Waals surface area contributed by atoms with Gasteiger partial charge in [-0.25, -0.2) is 0 Å². The van der Waals surface area contributed by atoms with Gasteiger partial charge in [-0.3, -0.25) is 14.9 Å². The van der Waals surface area contributed by atoms with E-state index in [0.717, 1.165) is 4.47 Å². The number of carbonyl (C=O) groups is 1. The second kappa shape index (κ2) is 9.57. The molecular formula is C27H22BrN2O4+. The Hall–Kier alpha value is -3.84. The number of nitrogens with zero attached hydrogens (tertiary/aromatic N) is 2. The average Bonchev–Trinajstić information content (AvgIpc) is 2.85. The quantitative estimate of drug-likeness (QED) is 0.135. The van der Waals surface area contributed by atoms with Crippen molar-refractivity contribution in [3.8, 4) is 28.1 Å². The number of carbonyl (C=O) groups excluding carboxylic acids is 1. The molecule has 4 rings (SSSR count). The molecule has 1 aromatic heterocycles. The van der Waals surface area contributed by atoms with Crippen molar-refractivity contribution in [3.05, 3.63) is 110 Å². The van der Waals surface area contributed by atoms with Crippen molar-refractivity contribution >= 4 is 27.4 Å². The third-order valence-corrected chi connectivity index (χ3v) is 6.38. The van der Waals surface area contributed by atoms with Gasteiger partial charge in [0, 0.05) is 17.0 Å². The lowest BCUT2D eigenvalue weighted by Gasteiger charge is -2.15. The Balaban J connectivity index is 2.12. The van der Waals surface area contributed by atoms with Crippen molar-refractivity contribution < 1.29 is 19.0 Å². The number of hydrogen-bond donors (Lipinski definition) is 0. The van der Waals surface area contributed by atoms with Crippen LogP contribution < -0.4 is 9.30 Å². The first-order valence-corrected chi connectivity index (χ1v) is 11.3. The van der Waals surface area contributed by atoms with E-state index in [1.807, 2.05) is 37.3 Å². The second-order valence-corrected chi connectivity index (χ2v) is 8.69. The number of hydrogen-bond acceptors (Lipinski definition) is 4. The summed E-state index contributed by atoms with van der Waals surface area (Å²) in [5.74, 6) is 0.336. The van der Waals surface area contributed by atoms with Gasteiger partial charge in [-0.05, 0) is 54.1 Å². The SMILES string of the molecule is COc1ccc(-c2c(C(=O)c3ccc(Br)cc3)c(C)[n+](C)c(-c3ccccc3)c2[N+](=O)[O-])cc1. The van der Waals surface area contributed by atoms with Crippen LogP contribution in [0.5, 0.6) is 5.75 Å². The van der Waals surface area contributed by atoms with E-state index in [0.29, 0.717) is 39.4 Å². The highest BCUT2D eigenvalue weighted by Crippen LogP contribution is 2.41. The molecule has 6 nitrogen and oxygen atoms in total. The van der Waals surface area contributed by atoms with E-state index >= 15 is 0 Å². The zero-order chi connectivity index (χ0) is 24.4. The van der Waals surface area contributed by atoms with E-state index in [-0.39, 0.29) is 17.0 Å². The summed E-state index contributed by atoms with van der Waals surface area (Å²) in [4.78, 5) is 26.0. The van der Waals surface area contributed by atoms with Gasteiger partial charge < -0.3 is 4.74 Å². The van der Waals surface area contributed by atoms with Gasteiger partial charge in [0.25, 0.3) is 5.69 Å². The number of halogens is 1. The van der Waals surface area contributed by atoms with Gasteiger partial charge in [-0.15, -0.1) is 0 Å². The number of nitro groups is 1.